The van der Waals surface area contributed by atoms with Gasteiger partial charge in [-0.1, -0.05) is 33.8 Å². The highest BCUT2D eigenvalue weighted by atomic mass is 35.6. The second-order valence-electron chi connectivity index (χ2n) is 4.06. The summed E-state index contributed by atoms with van der Waals surface area (Å²) in [4.78, 5) is 0. The molecule has 72 valence electrons. The van der Waals surface area contributed by atoms with Crippen molar-refractivity contribution in [2.24, 2.45) is 0 Å². The molecule has 0 saturated carbocycles. The average molecular weight is 205 g/mol. The summed E-state index contributed by atoms with van der Waals surface area (Å²) in [6.45, 7) is 12.8. The maximum absolute atomic E-state index is 6.68. The minimum Gasteiger partial charge on any atom is -0.166 e. The molecule has 0 aromatic carbocycles. The fourth-order valence-electron chi connectivity index (χ4n) is 1.57. The zero-order valence-corrected chi connectivity index (χ0v) is 10.5. The molecule has 0 fully saturated rings. The van der Waals surface area contributed by atoms with Crippen molar-refractivity contribution in [3.05, 3.63) is 12.7 Å². The van der Waals surface area contributed by atoms with Gasteiger partial charge in [-0.15, -0.1) is 6.58 Å². The Kier molecular flexibility index (Phi) is 5.18. The Morgan fingerprint density at radius 2 is 1.67 bits per heavy atom. The predicted molar refractivity (Wildman–Crippen MR) is 61.4 cm³/mol. The van der Waals surface area contributed by atoms with Gasteiger partial charge in [-0.05, 0) is 23.5 Å². The first-order chi connectivity index (χ1) is 5.45. The number of halogens is 1. The highest BCUT2D eigenvalue weighted by Crippen LogP contribution is 2.40. The molecular weight excluding hydrogens is 184 g/mol. The zero-order valence-electron chi connectivity index (χ0n) is 8.73. The lowest BCUT2D eigenvalue weighted by Gasteiger charge is -2.32. The quantitative estimate of drug-likeness (QED) is 0.350. The van der Waals surface area contributed by atoms with Crippen molar-refractivity contribution >= 4 is 18.5 Å². The van der Waals surface area contributed by atoms with Crippen LogP contribution in [-0.2, 0) is 0 Å². The van der Waals surface area contributed by atoms with Crippen LogP contribution in [-0.4, -0.2) is 7.38 Å². The molecule has 12 heavy (non-hydrogen) atoms. The van der Waals surface area contributed by atoms with Crippen LogP contribution in [0.5, 0.6) is 0 Å². The Balaban J connectivity index is 4.28. The molecule has 0 spiro atoms. The van der Waals surface area contributed by atoms with Crippen LogP contribution in [0.15, 0.2) is 12.7 Å². The zero-order chi connectivity index (χ0) is 9.78. The van der Waals surface area contributed by atoms with Gasteiger partial charge in [0.15, 0.2) is 7.38 Å². The van der Waals surface area contributed by atoms with Crippen molar-refractivity contribution in [3.8, 4) is 0 Å². The van der Waals surface area contributed by atoms with E-state index in [1.54, 1.807) is 0 Å². The van der Waals surface area contributed by atoms with E-state index in [0.29, 0.717) is 11.1 Å². The molecule has 0 aliphatic rings. The molecule has 0 aromatic heterocycles. The summed E-state index contributed by atoms with van der Waals surface area (Å²) >= 11 is 6.68. The summed E-state index contributed by atoms with van der Waals surface area (Å²) in [6, 6.07) is 1.17. The summed E-state index contributed by atoms with van der Waals surface area (Å²) in [5.41, 5.74) is 1.33. The van der Waals surface area contributed by atoms with E-state index in [9.17, 15) is 0 Å². The average Bonchev–Trinajstić information content (AvgIpc) is 1.99. The lowest BCUT2D eigenvalue weighted by atomic mass is 10.5. The second kappa shape index (κ2) is 5.08. The summed E-state index contributed by atoms with van der Waals surface area (Å²) in [5, 5.41) is 0. The minimum atomic E-state index is -1.52. The summed E-state index contributed by atoms with van der Waals surface area (Å²) in [7, 11) is -1.52. The normalized spacial score (nSPS) is 12.6. The van der Waals surface area contributed by atoms with E-state index < -0.39 is 7.38 Å². The van der Waals surface area contributed by atoms with Gasteiger partial charge in [0.25, 0.3) is 0 Å². The van der Waals surface area contributed by atoms with Crippen molar-refractivity contribution < 1.29 is 0 Å². The number of hydrogen-bond donors (Lipinski definition) is 0. The standard InChI is InChI=1S/C10H21ClSi/c1-6-7-8-12(11,9(2)3)10(4)5/h6,9-10H,1,7-8H2,2-5H3. The molecule has 2 heteroatoms. The SMILES string of the molecule is C=CCC[Si](Cl)(C(C)C)C(C)C. The molecule has 0 aliphatic carbocycles. The third-order valence-electron chi connectivity index (χ3n) is 2.65. The van der Waals surface area contributed by atoms with Crippen LogP contribution in [0.1, 0.15) is 34.1 Å². The van der Waals surface area contributed by atoms with Gasteiger partial charge < -0.3 is 0 Å². The third-order valence-corrected chi connectivity index (χ3v) is 10.7. The van der Waals surface area contributed by atoms with Crippen LogP contribution in [0.25, 0.3) is 0 Å². The van der Waals surface area contributed by atoms with E-state index in [1.165, 1.54) is 6.04 Å². The smallest absolute Gasteiger partial charge is 0.161 e. The second-order valence-corrected chi connectivity index (χ2v) is 10.8. The van der Waals surface area contributed by atoms with E-state index in [1.807, 2.05) is 6.08 Å². The number of hydrogen-bond acceptors (Lipinski definition) is 0. The monoisotopic (exact) mass is 204 g/mol. The van der Waals surface area contributed by atoms with Gasteiger partial charge in [-0.25, -0.2) is 0 Å². The Morgan fingerprint density at radius 3 is 1.92 bits per heavy atom. The largest absolute Gasteiger partial charge is 0.166 e. The third kappa shape index (κ3) is 2.95. The van der Waals surface area contributed by atoms with Crippen molar-refractivity contribution in [2.45, 2.75) is 51.2 Å². The van der Waals surface area contributed by atoms with E-state index in [0.717, 1.165) is 6.42 Å². The summed E-state index contributed by atoms with van der Waals surface area (Å²) in [6.07, 6.45) is 3.06. The van der Waals surface area contributed by atoms with Crippen molar-refractivity contribution in [1.82, 2.24) is 0 Å². The molecule has 0 N–H and O–H groups in total. The highest BCUT2D eigenvalue weighted by molar-refractivity contribution is 7.21. The number of rotatable bonds is 5. The molecule has 0 radical (unpaired) electrons. The first kappa shape index (κ1) is 12.2. The maximum Gasteiger partial charge on any atom is 0.161 e. The Bertz CT molecular complexity index is 133. The Labute approximate surface area is 82.7 Å². The molecule has 0 amide bonds. The van der Waals surface area contributed by atoms with E-state index in [2.05, 4.69) is 34.3 Å². The van der Waals surface area contributed by atoms with Gasteiger partial charge in [0, 0.05) is 0 Å². The van der Waals surface area contributed by atoms with Gasteiger partial charge in [0.1, 0.15) is 0 Å². The van der Waals surface area contributed by atoms with Crippen LogP contribution in [0.2, 0.25) is 17.1 Å². The minimum absolute atomic E-state index is 0.666. The molecule has 0 bridgehead atoms. The molecule has 0 saturated heterocycles. The fourth-order valence-corrected chi connectivity index (χ4v) is 5.03. The van der Waals surface area contributed by atoms with Gasteiger partial charge in [-0.2, -0.15) is 11.1 Å². The molecule has 0 aliphatic heterocycles. The summed E-state index contributed by atoms with van der Waals surface area (Å²) in [5.74, 6) is 0. The van der Waals surface area contributed by atoms with Crippen LogP contribution in [0.3, 0.4) is 0 Å². The number of allylic oxidation sites excluding steroid dienone is 1. The Morgan fingerprint density at radius 1 is 1.25 bits per heavy atom. The lowest BCUT2D eigenvalue weighted by molar-refractivity contribution is 0.897. The van der Waals surface area contributed by atoms with E-state index in [4.69, 9.17) is 11.1 Å². The van der Waals surface area contributed by atoms with Crippen LogP contribution in [0.4, 0.5) is 0 Å². The van der Waals surface area contributed by atoms with Crippen LogP contribution in [0, 0.1) is 0 Å². The molecule has 0 aromatic rings. The van der Waals surface area contributed by atoms with Crippen LogP contribution < -0.4 is 0 Å². The lowest BCUT2D eigenvalue weighted by Crippen LogP contribution is -2.34. The highest BCUT2D eigenvalue weighted by Gasteiger charge is 2.36. The van der Waals surface area contributed by atoms with Crippen molar-refractivity contribution in [2.75, 3.05) is 0 Å². The van der Waals surface area contributed by atoms with E-state index >= 15 is 0 Å². The molecule has 0 atom stereocenters. The van der Waals surface area contributed by atoms with E-state index in [-0.39, 0.29) is 0 Å². The molecule has 0 rings (SSSR count). The molecule has 0 unspecified atom stereocenters. The van der Waals surface area contributed by atoms with Gasteiger partial charge >= 0.3 is 0 Å². The first-order valence-corrected chi connectivity index (χ1v) is 8.12. The molecule has 0 nitrogen and oxygen atoms in total. The van der Waals surface area contributed by atoms with Crippen LogP contribution >= 0.6 is 11.1 Å². The van der Waals surface area contributed by atoms with Crippen molar-refractivity contribution in [3.63, 3.8) is 0 Å². The topological polar surface area (TPSA) is 0 Å². The Hall–Kier alpha value is 0.247. The van der Waals surface area contributed by atoms with Gasteiger partial charge in [-0.3, -0.25) is 0 Å². The molecule has 0 heterocycles. The predicted octanol–water partition coefficient (Wildman–Crippen LogP) is 4.57. The molecular formula is C10H21ClSi. The fraction of sp³-hybridized carbons (Fsp3) is 0.800. The first-order valence-electron chi connectivity index (χ1n) is 4.75. The maximum atomic E-state index is 6.68. The summed E-state index contributed by atoms with van der Waals surface area (Å²) < 4.78 is 0. The van der Waals surface area contributed by atoms with Gasteiger partial charge in [0.05, 0.1) is 0 Å². The van der Waals surface area contributed by atoms with Crippen molar-refractivity contribution in [1.29, 1.82) is 0 Å². The van der Waals surface area contributed by atoms with Gasteiger partial charge in [0.2, 0.25) is 0 Å².